The van der Waals surface area contributed by atoms with Crippen molar-refractivity contribution in [3.8, 4) is 11.8 Å². The van der Waals surface area contributed by atoms with Crippen LogP contribution in [0.5, 0.6) is 5.75 Å². The van der Waals surface area contributed by atoms with Crippen molar-refractivity contribution in [2.24, 2.45) is 0 Å². The highest BCUT2D eigenvalue weighted by atomic mass is 16.5. The zero-order chi connectivity index (χ0) is 15.5. The van der Waals surface area contributed by atoms with Crippen LogP contribution in [0.25, 0.3) is 0 Å². The molecule has 0 bridgehead atoms. The smallest absolute Gasteiger partial charge is 0.236 e. The second kappa shape index (κ2) is 9.78. The Bertz CT molecular complexity index is 456. The lowest BCUT2D eigenvalue weighted by atomic mass is 10.3. The van der Waals surface area contributed by atoms with Crippen LogP contribution in [0.2, 0.25) is 0 Å². The first-order valence-electron chi connectivity index (χ1n) is 7.11. The Labute approximate surface area is 126 Å². The molecule has 0 aromatic heterocycles. The van der Waals surface area contributed by atoms with Gasteiger partial charge in [-0.25, -0.2) is 0 Å². The average Bonchev–Trinajstić information content (AvgIpc) is 2.50. The van der Waals surface area contributed by atoms with Gasteiger partial charge in [-0.2, -0.15) is 5.26 Å². The van der Waals surface area contributed by atoms with Crippen LogP contribution in [0.3, 0.4) is 0 Å². The number of likely N-dealkylation sites (N-methyl/N-ethyl adjacent to an activating group) is 2. The molecule has 0 saturated carbocycles. The fourth-order valence-electron chi connectivity index (χ4n) is 1.81. The number of benzene rings is 1. The van der Waals surface area contributed by atoms with E-state index in [4.69, 9.17) is 10.00 Å². The molecule has 1 amide bonds. The first-order chi connectivity index (χ1) is 10.1. The van der Waals surface area contributed by atoms with E-state index in [2.05, 4.69) is 0 Å². The topological polar surface area (TPSA) is 56.6 Å². The summed E-state index contributed by atoms with van der Waals surface area (Å²) in [4.78, 5) is 15.4. The van der Waals surface area contributed by atoms with Crippen molar-refractivity contribution >= 4 is 5.91 Å². The van der Waals surface area contributed by atoms with Crippen molar-refractivity contribution in [3.05, 3.63) is 30.3 Å². The zero-order valence-corrected chi connectivity index (χ0v) is 12.8. The number of carbonyl (C=O) groups excluding carboxylic acids is 1. The summed E-state index contributed by atoms with van der Waals surface area (Å²) >= 11 is 0. The third-order valence-corrected chi connectivity index (χ3v) is 3.09. The van der Waals surface area contributed by atoms with E-state index in [0.29, 0.717) is 26.1 Å². The predicted octanol–water partition coefficient (Wildman–Crippen LogP) is 1.76. The molecule has 1 rings (SSSR count). The van der Waals surface area contributed by atoms with Crippen LogP contribution in [-0.4, -0.2) is 56.0 Å². The summed E-state index contributed by atoms with van der Waals surface area (Å²) in [6.45, 7) is 2.28. The molecule has 0 aliphatic heterocycles. The van der Waals surface area contributed by atoms with Crippen molar-refractivity contribution in [2.45, 2.75) is 12.8 Å². The van der Waals surface area contributed by atoms with Crippen molar-refractivity contribution in [1.82, 2.24) is 9.80 Å². The number of nitrogens with zero attached hydrogens (tertiary/aromatic N) is 3. The van der Waals surface area contributed by atoms with Gasteiger partial charge in [0.2, 0.25) is 5.91 Å². The lowest BCUT2D eigenvalue weighted by Crippen LogP contribution is -2.37. The summed E-state index contributed by atoms with van der Waals surface area (Å²) in [6, 6.07) is 11.7. The zero-order valence-electron chi connectivity index (χ0n) is 12.8. The Morgan fingerprint density at radius 3 is 2.62 bits per heavy atom. The summed E-state index contributed by atoms with van der Waals surface area (Å²) in [5.74, 6) is 0.907. The van der Waals surface area contributed by atoms with Crippen LogP contribution in [0.4, 0.5) is 0 Å². The molecule has 0 unspecified atom stereocenters. The minimum atomic E-state index is 0.0386. The Morgan fingerprint density at radius 1 is 1.24 bits per heavy atom. The van der Waals surface area contributed by atoms with E-state index < -0.39 is 0 Å². The maximum Gasteiger partial charge on any atom is 0.236 e. The lowest BCUT2D eigenvalue weighted by molar-refractivity contribution is -0.130. The molecule has 1 aromatic carbocycles. The number of rotatable bonds is 9. The molecule has 114 valence electrons. The van der Waals surface area contributed by atoms with Crippen LogP contribution in [0.1, 0.15) is 12.8 Å². The normalized spacial score (nSPS) is 10.2. The summed E-state index contributed by atoms with van der Waals surface area (Å²) in [5.41, 5.74) is 0. The number of para-hydroxylation sites is 1. The van der Waals surface area contributed by atoms with Crippen molar-refractivity contribution in [2.75, 3.05) is 40.3 Å². The molecule has 0 fully saturated rings. The molecule has 0 heterocycles. The molecule has 5 heteroatoms. The van der Waals surface area contributed by atoms with Crippen LogP contribution in [0.15, 0.2) is 30.3 Å². The fourth-order valence-corrected chi connectivity index (χ4v) is 1.81. The maximum absolute atomic E-state index is 11.9. The largest absolute Gasteiger partial charge is 0.494 e. The molecule has 0 radical (unpaired) electrons. The standard InChI is InChI=1S/C16H23N3O2/c1-18(14-16(20)19(2)12-6-10-17)11-7-13-21-15-8-4-3-5-9-15/h3-5,8-9H,6-7,11-14H2,1-2H3. The van der Waals surface area contributed by atoms with Gasteiger partial charge in [0.05, 0.1) is 25.6 Å². The summed E-state index contributed by atoms with van der Waals surface area (Å²) in [5, 5.41) is 8.50. The van der Waals surface area contributed by atoms with Crippen LogP contribution >= 0.6 is 0 Å². The second-order valence-electron chi connectivity index (χ2n) is 4.98. The molecule has 21 heavy (non-hydrogen) atoms. The SMILES string of the molecule is CN(CCCOc1ccccc1)CC(=O)N(C)CCC#N. The first kappa shape index (κ1) is 17.0. The monoisotopic (exact) mass is 289 g/mol. The number of hydrogen-bond donors (Lipinski definition) is 0. The van der Waals surface area contributed by atoms with Gasteiger partial charge in [0.25, 0.3) is 0 Å². The minimum Gasteiger partial charge on any atom is -0.494 e. The highest BCUT2D eigenvalue weighted by molar-refractivity contribution is 5.77. The molecule has 0 spiro atoms. The van der Waals surface area contributed by atoms with E-state index in [9.17, 15) is 4.79 Å². The van der Waals surface area contributed by atoms with Gasteiger partial charge in [-0.1, -0.05) is 18.2 Å². The molecular weight excluding hydrogens is 266 g/mol. The van der Waals surface area contributed by atoms with E-state index in [0.717, 1.165) is 18.7 Å². The Balaban J connectivity index is 2.15. The van der Waals surface area contributed by atoms with Crippen molar-refractivity contribution in [1.29, 1.82) is 5.26 Å². The Kier molecular flexibility index (Phi) is 7.92. The van der Waals surface area contributed by atoms with Crippen LogP contribution in [-0.2, 0) is 4.79 Å². The number of carbonyl (C=O) groups is 1. The molecule has 0 atom stereocenters. The van der Waals surface area contributed by atoms with Crippen molar-refractivity contribution < 1.29 is 9.53 Å². The molecular formula is C16H23N3O2. The third-order valence-electron chi connectivity index (χ3n) is 3.09. The number of hydrogen-bond acceptors (Lipinski definition) is 4. The van der Waals surface area contributed by atoms with Gasteiger partial charge in [0.1, 0.15) is 5.75 Å². The highest BCUT2D eigenvalue weighted by Gasteiger charge is 2.11. The van der Waals surface area contributed by atoms with E-state index in [1.807, 2.05) is 48.3 Å². The third kappa shape index (κ3) is 7.33. The molecule has 1 aromatic rings. The average molecular weight is 289 g/mol. The maximum atomic E-state index is 11.9. The first-order valence-corrected chi connectivity index (χ1v) is 7.11. The molecule has 0 saturated heterocycles. The molecule has 0 aliphatic rings. The van der Waals surface area contributed by atoms with Crippen molar-refractivity contribution in [3.63, 3.8) is 0 Å². The van der Waals surface area contributed by atoms with Crippen LogP contribution < -0.4 is 4.74 Å². The Morgan fingerprint density at radius 2 is 1.95 bits per heavy atom. The van der Waals surface area contributed by atoms with Gasteiger partial charge in [-0.15, -0.1) is 0 Å². The molecule has 0 aliphatic carbocycles. The van der Waals surface area contributed by atoms with Gasteiger partial charge in [-0.3, -0.25) is 9.69 Å². The number of amides is 1. The van der Waals surface area contributed by atoms with E-state index in [-0.39, 0.29) is 5.91 Å². The second-order valence-corrected chi connectivity index (χ2v) is 4.98. The van der Waals surface area contributed by atoms with E-state index in [1.54, 1.807) is 11.9 Å². The quantitative estimate of drug-likeness (QED) is 0.650. The fraction of sp³-hybridized carbons (Fsp3) is 0.500. The van der Waals surface area contributed by atoms with E-state index in [1.165, 1.54) is 0 Å². The van der Waals surface area contributed by atoms with Gasteiger partial charge in [-0.05, 0) is 25.6 Å². The summed E-state index contributed by atoms with van der Waals surface area (Å²) < 4.78 is 5.60. The van der Waals surface area contributed by atoms with Gasteiger partial charge in [0.15, 0.2) is 0 Å². The van der Waals surface area contributed by atoms with E-state index >= 15 is 0 Å². The molecule has 5 nitrogen and oxygen atoms in total. The highest BCUT2D eigenvalue weighted by Crippen LogP contribution is 2.08. The van der Waals surface area contributed by atoms with Gasteiger partial charge in [0, 0.05) is 20.1 Å². The summed E-state index contributed by atoms with van der Waals surface area (Å²) in [7, 11) is 3.64. The Hall–Kier alpha value is -2.06. The van der Waals surface area contributed by atoms with Gasteiger partial charge < -0.3 is 9.64 Å². The lowest BCUT2D eigenvalue weighted by Gasteiger charge is -2.21. The van der Waals surface area contributed by atoms with Gasteiger partial charge >= 0.3 is 0 Å². The minimum absolute atomic E-state index is 0.0386. The number of nitriles is 1. The molecule has 0 N–H and O–H groups in total. The number of ether oxygens (including phenoxy) is 1. The predicted molar refractivity (Wildman–Crippen MR) is 81.9 cm³/mol. The summed E-state index contributed by atoms with van der Waals surface area (Å²) in [6.07, 6.45) is 1.23. The van der Waals surface area contributed by atoms with Crippen LogP contribution in [0, 0.1) is 11.3 Å².